The number of nitrogens with one attached hydrogen (secondary N) is 1. The molecule has 0 saturated heterocycles. The molecule has 6 heteroatoms. The fourth-order valence-corrected chi connectivity index (χ4v) is 3.93. The Hall–Kier alpha value is -3.41. The molecular weight excluding hydrogens is 376 g/mol. The summed E-state index contributed by atoms with van der Waals surface area (Å²) >= 11 is 0. The standard InChI is InChI=1S/C24H26N4O2/c1-16-8-9-19(24(30)28-11-10-18-6-4-5-7-20(18)15-28)12-22(16)25-23(29)13-21-14-27(3)26-17(21)2/h4-9,12,14H,10-11,13,15H2,1-3H3,(H,25,29). The van der Waals surface area contributed by atoms with Gasteiger partial charge < -0.3 is 10.2 Å². The van der Waals surface area contributed by atoms with E-state index in [1.54, 1.807) is 10.7 Å². The van der Waals surface area contributed by atoms with Crippen LogP contribution in [0.25, 0.3) is 0 Å². The average molecular weight is 402 g/mol. The van der Waals surface area contributed by atoms with Gasteiger partial charge in [-0.1, -0.05) is 30.3 Å². The van der Waals surface area contributed by atoms with Crippen molar-refractivity contribution in [3.63, 3.8) is 0 Å². The molecule has 0 unspecified atom stereocenters. The van der Waals surface area contributed by atoms with E-state index >= 15 is 0 Å². The van der Waals surface area contributed by atoms with Gasteiger partial charge in [-0.2, -0.15) is 5.10 Å². The highest BCUT2D eigenvalue weighted by Gasteiger charge is 2.22. The Morgan fingerprint density at radius 3 is 2.60 bits per heavy atom. The summed E-state index contributed by atoms with van der Waals surface area (Å²) in [7, 11) is 1.84. The molecule has 0 aliphatic carbocycles. The molecule has 1 aliphatic heterocycles. The number of aryl methyl sites for hydroxylation is 3. The van der Waals surface area contributed by atoms with Crippen LogP contribution >= 0.6 is 0 Å². The quantitative estimate of drug-likeness (QED) is 0.727. The first-order valence-corrected chi connectivity index (χ1v) is 10.2. The van der Waals surface area contributed by atoms with E-state index in [-0.39, 0.29) is 18.2 Å². The molecule has 1 aromatic heterocycles. The van der Waals surface area contributed by atoms with Crippen molar-refractivity contribution < 1.29 is 9.59 Å². The van der Waals surface area contributed by atoms with Crippen LogP contribution in [0.4, 0.5) is 5.69 Å². The molecule has 0 spiro atoms. The maximum atomic E-state index is 13.1. The van der Waals surface area contributed by atoms with Gasteiger partial charge in [-0.15, -0.1) is 0 Å². The Kier molecular flexibility index (Phi) is 5.40. The third-order valence-corrected chi connectivity index (χ3v) is 5.64. The van der Waals surface area contributed by atoms with Gasteiger partial charge in [-0.05, 0) is 49.1 Å². The number of hydrogen-bond acceptors (Lipinski definition) is 3. The largest absolute Gasteiger partial charge is 0.334 e. The Bertz CT molecular complexity index is 1120. The lowest BCUT2D eigenvalue weighted by molar-refractivity contribution is -0.115. The Morgan fingerprint density at radius 2 is 1.87 bits per heavy atom. The monoisotopic (exact) mass is 402 g/mol. The number of hydrogen-bond donors (Lipinski definition) is 1. The number of benzene rings is 2. The van der Waals surface area contributed by atoms with Gasteiger partial charge in [0.1, 0.15) is 0 Å². The smallest absolute Gasteiger partial charge is 0.254 e. The first kappa shape index (κ1) is 19.9. The molecule has 4 rings (SSSR count). The SMILES string of the molecule is Cc1ccc(C(=O)N2CCc3ccccc3C2)cc1NC(=O)Cc1cn(C)nc1C. The summed E-state index contributed by atoms with van der Waals surface area (Å²) in [5, 5.41) is 7.24. The van der Waals surface area contributed by atoms with Crippen molar-refractivity contribution in [2.75, 3.05) is 11.9 Å². The van der Waals surface area contributed by atoms with Crippen molar-refractivity contribution in [3.05, 3.63) is 82.2 Å². The van der Waals surface area contributed by atoms with Crippen molar-refractivity contribution >= 4 is 17.5 Å². The summed E-state index contributed by atoms with van der Waals surface area (Å²) in [5.41, 5.74) is 6.43. The average Bonchev–Trinajstić information content (AvgIpc) is 3.05. The summed E-state index contributed by atoms with van der Waals surface area (Å²) in [6.07, 6.45) is 2.97. The zero-order valence-corrected chi connectivity index (χ0v) is 17.6. The molecular formula is C24H26N4O2. The number of carbonyl (C=O) groups excluding carboxylic acids is 2. The summed E-state index contributed by atoms with van der Waals surface area (Å²) in [6.45, 7) is 5.14. The highest BCUT2D eigenvalue weighted by Crippen LogP contribution is 2.23. The third-order valence-electron chi connectivity index (χ3n) is 5.64. The van der Waals surface area contributed by atoms with E-state index in [2.05, 4.69) is 22.5 Å². The van der Waals surface area contributed by atoms with E-state index in [0.717, 1.165) is 23.2 Å². The van der Waals surface area contributed by atoms with Crippen LogP contribution in [0.2, 0.25) is 0 Å². The lowest BCUT2D eigenvalue weighted by atomic mass is 9.99. The topological polar surface area (TPSA) is 67.2 Å². The van der Waals surface area contributed by atoms with Crippen molar-refractivity contribution in [2.45, 2.75) is 33.2 Å². The van der Waals surface area contributed by atoms with Gasteiger partial charge in [0.15, 0.2) is 0 Å². The first-order valence-electron chi connectivity index (χ1n) is 10.2. The number of nitrogens with zero attached hydrogens (tertiary/aromatic N) is 3. The second-order valence-electron chi connectivity index (χ2n) is 7.91. The zero-order valence-electron chi connectivity index (χ0n) is 17.6. The lowest BCUT2D eigenvalue weighted by Crippen LogP contribution is -2.36. The minimum absolute atomic E-state index is 0.0110. The Labute approximate surface area is 176 Å². The fourth-order valence-electron chi connectivity index (χ4n) is 3.93. The van der Waals surface area contributed by atoms with Crippen LogP contribution in [0, 0.1) is 13.8 Å². The predicted molar refractivity (Wildman–Crippen MR) is 116 cm³/mol. The van der Waals surface area contributed by atoms with Crippen molar-refractivity contribution in [1.82, 2.24) is 14.7 Å². The van der Waals surface area contributed by atoms with Crippen LogP contribution in [0.1, 0.15) is 38.3 Å². The van der Waals surface area contributed by atoms with Gasteiger partial charge >= 0.3 is 0 Å². The molecule has 2 amide bonds. The second kappa shape index (κ2) is 8.14. The molecule has 0 fully saturated rings. The highest BCUT2D eigenvalue weighted by atomic mass is 16.2. The number of anilines is 1. The lowest BCUT2D eigenvalue weighted by Gasteiger charge is -2.29. The molecule has 2 heterocycles. The maximum Gasteiger partial charge on any atom is 0.254 e. The normalized spacial score (nSPS) is 13.1. The van der Waals surface area contributed by atoms with Crippen LogP contribution in [0.15, 0.2) is 48.7 Å². The summed E-state index contributed by atoms with van der Waals surface area (Å²) in [4.78, 5) is 27.5. The van der Waals surface area contributed by atoms with Crippen molar-refractivity contribution in [1.29, 1.82) is 0 Å². The van der Waals surface area contributed by atoms with Gasteiger partial charge in [0.05, 0.1) is 12.1 Å². The third kappa shape index (κ3) is 4.13. The van der Waals surface area contributed by atoms with E-state index in [4.69, 9.17) is 0 Å². The van der Waals surface area contributed by atoms with Crippen molar-refractivity contribution in [2.24, 2.45) is 7.05 Å². The number of amides is 2. The van der Waals surface area contributed by atoms with E-state index in [1.807, 2.05) is 56.3 Å². The van der Waals surface area contributed by atoms with Gasteiger partial charge in [0, 0.05) is 43.1 Å². The molecule has 6 nitrogen and oxygen atoms in total. The molecule has 1 N–H and O–H groups in total. The molecule has 3 aromatic rings. The predicted octanol–water partition coefficient (Wildman–Crippen LogP) is 3.42. The van der Waals surface area contributed by atoms with Gasteiger partial charge in [0.25, 0.3) is 5.91 Å². The molecule has 2 aromatic carbocycles. The molecule has 0 radical (unpaired) electrons. The van der Waals surface area contributed by atoms with Crippen LogP contribution in [0.3, 0.4) is 0 Å². The number of fused-ring (bicyclic) bond motifs is 1. The molecule has 0 bridgehead atoms. The van der Waals surface area contributed by atoms with E-state index in [9.17, 15) is 9.59 Å². The Balaban J connectivity index is 1.48. The van der Waals surface area contributed by atoms with Gasteiger partial charge in [-0.3, -0.25) is 14.3 Å². The van der Waals surface area contributed by atoms with Gasteiger partial charge in [0.2, 0.25) is 5.91 Å². The molecule has 0 atom stereocenters. The van der Waals surface area contributed by atoms with Crippen LogP contribution in [-0.4, -0.2) is 33.0 Å². The van der Waals surface area contributed by atoms with E-state index in [1.165, 1.54) is 11.1 Å². The maximum absolute atomic E-state index is 13.1. The molecule has 154 valence electrons. The van der Waals surface area contributed by atoms with Crippen molar-refractivity contribution in [3.8, 4) is 0 Å². The second-order valence-corrected chi connectivity index (χ2v) is 7.91. The Morgan fingerprint density at radius 1 is 1.10 bits per heavy atom. The number of carbonyl (C=O) groups is 2. The summed E-state index contributed by atoms with van der Waals surface area (Å²) in [5.74, 6) is -0.131. The highest BCUT2D eigenvalue weighted by molar-refractivity contribution is 5.98. The number of rotatable bonds is 4. The van der Waals surface area contributed by atoms with E-state index < -0.39 is 0 Å². The summed E-state index contributed by atoms with van der Waals surface area (Å²) < 4.78 is 1.71. The molecule has 30 heavy (non-hydrogen) atoms. The van der Waals surface area contributed by atoms with Crippen LogP contribution < -0.4 is 5.32 Å². The first-order chi connectivity index (χ1) is 14.4. The number of aromatic nitrogens is 2. The van der Waals surface area contributed by atoms with Crippen LogP contribution in [-0.2, 0) is 31.2 Å². The molecule has 0 saturated carbocycles. The van der Waals surface area contributed by atoms with Gasteiger partial charge in [-0.25, -0.2) is 0 Å². The zero-order chi connectivity index (χ0) is 21.3. The fraction of sp³-hybridized carbons (Fsp3) is 0.292. The molecule has 1 aliphatic rings. The minimum Gasteiger partial charge on any atom is -0.334 e. The van der Waals surface area contributed by atoms with E-state index in [0.29, 0.717) is 24.3 Å². The minimum atomic E-state index is -0.120. The summed E-state index contributed by atoms with van der Waals surface area (Å²) in [6, 6.07) is 13.8. The van der Waals surface area contributed by atoms with Crippen LogP contribution in [0.5, 0.6) is 0 Å².